The Bertz CT molecular complexity index is 521. The van der Waals surface area contributed by atoms with Crippen molar-refractivity contribution in [3.05, 3.63) is 35.6 Å². The standard InChI is InChI=1S/C16H20FNO3/c1-11(12-4-6-13(17)7-5-12)18-14(19)10-16(15(20)21)8-2-3-9-16/h4-7,11H,2-3,8-10H2,1H3,(H,18,19)(H,20,21)/t11-/m1/s1. The van der Waals surface area contributed by atoms with Crippen LogP contribution in [0.5, 0.6) is 0 Å². The van der Waals surface area contributed by atoms with E-state index < -0.39 is 11.4 Å². The average Bonchev–Trinajstić information content (AvgIpc) is 2.89. The molecule has 0 bridgehead atoms. The third-order valence-corrected chi connectivity index (χ3v) is 4.26. The number of rotatable bonds is 5. The van der Waals surface area contributed by atoms with Gasteiger partial charge in [0.05, 0.1) is 11.5 Å². The molecular weight excluding hydrogens is 273 g/mol. The van der Waals surface area contributed by atoms with Crippen LogP contribution in [0.2, 0.25) is 0 Å². The number of carboxylic acid groups (broad SMARTS) is 1. The van der Waals surface area contributed by atoms with E-state index in [0.29, 0.717) is 12.8 Å². The van der Waals surface area contributed by atoms with Crippen LogP contribution < -0.4 is 5.32 Å². The zero-order valence-corrected chi connectivity index (χ0v) is 12.1. The highest BCUT2D eigenvalue weighted by molar-refractivity contribution is 5.85. The topological polar surface area (TPSA) is 66.4 Å². The molecule has 1 atom stereocenters. The molecule has 1 amide bonds. The Morgan fingerprint density at radius 3 is 2.38 bits per heavy atom. The minimum absolute atomic E-state index is 0.00781. The monoisotopic (exact) mass is 293 g/mol. The van der Waals surface area contributed by atoms with Crippen LogP contribution in [-0.2, 0) is 9.59 Å². The molecule has 21 heavy (non-hydrogen) atoms. The van der Waals surface area contributed by atoms with E-state index in [4.69, 9.17) is 0 Å². The second kappa shape index (κ2) is 6.24. The number of hydrogen-bond donors (Lipinski definition) is 2. The number of carbonyl (C=O) groups excluding carboxylic acids is 1. The fourth-order valence-corrected chi connectivity index (χ4v) is 2.95. The Kier molecular flexibility index (Phi) is 4.60. The lowest BCUT2D eigenvalue weighted by Gasteiger charge is -2.24. The van der Waals surface area contributed by atoms with Crippen molar-refractivity contribution in [1.29, 1.82) is 0 Å². The molecule has 1 fully saturated rings. The zero-order chi connectivity index (χ0) is 15.5. The summed E-state index contributed by atoms with van der Waals surface area (Å²) >= 11 is 0. The molecule has 114 valence electrons. The van der Waals surface area contributed by atoms with Crippen LogP contribution >= 0.6 is 0 Å². The van der Waals surface area contributed by atoms with Crippen molar-refractivity contribution in [2.75, 3.05) is 0 Å². The molecule has 2 N–H and O–H groups in total. The number of hydrogen-bond acceptors (Lipinski definition) is 2. The van der Waals surface area contributed by atoms with E-state index >= 15 is 0 Å². The highest BCUT2D eigenvalue weighted by Gasteiger charge is 2.43. The lowest BCUT2D eigenvalue weighted by molar-refractivity contribution is -0.151. The largest absolute Gasteiger partial charge is 0.481 e. The van der Waals surface area contributed by atoms with Crippen molar-refractivity contribution in [3.63, 3.8) is 0 Å². The van der Waals surface area contributed by atoms with Gasteiger partial charge in [-0.3, -0.25) is 9.59 Å². The second-order valence-electron chi connectivity index (χ2n) is 5.81. The van der Waals surface area contributed by atoms with E-state index in [9.17, 15) is 19.1 Å². The smallest absolute Gasteiger partial charge is 0.310 e. The minimum Gasteiger partial charge on any atom is -0.481 e. The van der Waals surface area contributed by atoms with Gasteiger partial charge >= 0.3 is 5.97 Å². The molecule has 0 spiro atoms. The molecule has 5 heteroatoms. The van der Waals surface area contributed by atoms with Gasteiger partial charge in [0.2, 0.25) is 5.91 Å². The number of carboxylic acids is 1. The molecule has 0 radical (unpaired) electrons. The van der Waals surface area contributed by atoms with E-state index in [2.05, 4.69) is 5.32 Å². The van der Waals surface area contributed by atoms with Gasteiger partial charge in [0, 0.05) is 6.42 Å². The van der Waals surface area contributed by atoms with E-state index in [1.807, 2.05) is 0 Å². The molecule has 2 rings (SSSR count). The molecule has 0 heterocycles. The first-order valence-corrected chi connectivity index (χ1v) is 7.21. The lowest BCUT2D eigenvalue weighted by atomic mass is 9.82. The number of benzene rings is 1. The highest BCUT2D eigenvalue weighted by Crippen LogP contribution is 2.41. The van der Waals surface area contributed by atoms with Crippen LogP contribution in [0.15, 0.2) is 24.3 Å². The molecule has 1 aliphatic carbocycles. The maximum Gasteiger partial charge on any atom is 0.310 e. The summed E-state index contributed by atoms with van der Waals surface area (Å²) in [5.41, 5.74) is -0.118. The Morgan fingerprint density at radius 1 is 1.29 bits per heavy atom. The molecule has 0 aliphatic heterocycles. The van der Waals surface area contributed by atoms with Gasteiger partial charge in [-0.05, 0) is 37.5 Å². The van der Waals surface area contributed by atoms with Crippen molar-refractivity contribution in [2.45, 2.75) is 45.1 Å². The van der Waals surface area contributed by atoms with E-state index in [1.165, 1.54) is 12.1 Å². The predicted octanol–water partition coefficient (Wildman–Crippen LogP) is 3.04. The first-order valence-electron chi connectivity index (χ1n) is 7.21. The molecule has 4 nitrogen and oxygen atoms in total. The van der Waals surface area contributed by atoms with Crippen molar-refractivity contribution in [2.24, 2.45) is 5.41 Å². The van der Waals surface area contributed by atoms with Crippen LogP contribution in [0.4, 0.5) is 4.39 Å². The van der Waals surface area contributed by atoms with Gasteiger partial charge in [0.1, 0.15) is 5.82 Å². The summed E-state index contributed by atoms with van der Waals surface area (Å²) in [6.45, 7) is 1.80. The third-order valence-electron chi connectivity index (χ3n) is 4.26. The zero-order valence-electron chi connectivity index (χ0n) is 12.1. The normalized spacial score (nSPS) is 18.2. The molecule has 0 saturated heterocycles. The molecule has 1 aromatic carbocycles. The summed E-state index contributed by atoms with van der Waals surface area (Å²) in [5, 5.41) is 12.2. The van der Waals surface area contributed by atoms with Gasteiger partial charge in [-0.2, -0.15) is 0 Å². The van der Waals surface area contributed by atoms with Crippen LogP contribution in [0, 0.1) is 11.2 Å². The predicted molar refractivity (Wildman–Crippen MR) is 76.1 cm³/mol. The van der Waals surface area contributed by atoms with Gasteiger partial charge in [0.25, 0.3) is 0 Å². The van der Waals surface area contributed by atoms with E-state index in [1.54, 1.807) is 19.1 Å². The SMILES string of the molecule is C[C@@H](NC(=O)CC1(C(=O)O)CCCC1)c1ccc(F)cc1. The molecule has 1 aliphatic rings. The number of aliphatic carboxylic acids is 1. The van der Waals surface area contributed by atoms with Crippen molar-refractivity contribution >= 4 is 11.9 Å². The number of amides is 1. The lowest BCUT2D eigenvalue weighted by Crippen LogP contribution is -2.36. The summed E-state index contributed by atoms with van der Waals surface area (Å²) in [6.07, 6.45) is 2.83. The quantitative estimate of drug-likeness (QED) is 0.877. The number of halogens is 1. The minimum atomic E-state index is -0.910. The molecular formula is C16H20FNO3. The Hall–Kier alpha value is -1.91. The highest BCUT2D eigenvalue weighted by atomic mass is 19.1. The van der Waals surface area contributed by atoms with Crippen LogP contribution in [0.1, 0.15) is 50.6 Å². The fraction of sp³-hybridized carbons (Fsp3) is 0.500. The summed E-state index contributed by atoms with van der Waals surface area (Å²) in [6, 6.07) is 5.64. The summed E-state index contributed by atoms with van der Waals surface area (Å²) < 4.78 is 12.9. The van der Waals surface area contributed by atoms with E-state index in [-0.39, 0.29) is 24.2 Å². The first-order chi connectivity index (χ1) is 9.93. The van der Waals surface area contributed by atoms with Crippen LogP contribution in [0.25, 0.3) is 0 Å². The molecule has 0 aromatic heterocycles. The maximum atomic E-state index is 12.9. The first kappa shape index (κ1) is 15.5. The summed E-state index contributed by atoms with van der Waals surface area (Å²) in [4.78, 5) is 23.5. The Balaban J connectivity index is 1.97. The Morgan fingerprint density at radius 2 is 1.86 bits per heavy atom. The summed E-state index contributed by atoms with van der Waals surface area (Å²) in [7, 11) is 0. The van der Waals surface area contributed by atoms with Gasteiger partial charge in [0.15, 0.2) is 0 Å². The van der Waals surface area contributed by atoms with Gasteiger partial charge < -0.3 is 10.4 Å². The number of nitrogens with one attached hydrogen (secondary N) is 1. The van der Waals surface area contributed by atoms with Crippen LogP contribution in [0.3, 0.4) is 0 Å². The number of carbonyl (C=O) groups is 2. The van der Waals surface area contributed by atoms with Gasteiger partial charge in [-0.1, -0.05) is 25.0 Å². The van der Waals surface area contributed by atoms with Gasteiger partial charge in [-0.15, -0.1) is 0 Å². The molecule has 0 unspecified atom stereocenters. The molecule has 1 aromatic rings. The Labute approximate surface area is 123 Å². The van der Waals surface area contributed by atoms with E-state index in [0.717, 1.165) is 18.4 Å². The van der Waals surface area contributed by atoms with Crippen molar-refractivity contribution < 1.29 is 19.1 Å². The maximum absolute atomic E-state index is 12.9. The van der Waals surface area contributed by atoms with Gasteiger partial charge in [-0.25, -0.2) is 4.39 Å². The third kappa shape index (κ3) is 3.60. The van der Waals surface area contributed by atoms with Crippen molar-refractivity contribution in [3.8, 4) is 0 Å². The fourth-order valence-electron chi connectivity index (χ4n) is 2.95. The van der Waals surface area contributed by atoms with Crippen molar-refractivity contribution in [1.82, 2.24) is 5.32 Å². The van der Waals surface area contributed by atoms with Crippen LogP contribution in [-0.4, -0.2) is 17.0 Å². The molecule has 1 saturated carbocycles. The average molecular weight is 293 g/mol. The summed E-state index contributed by atoms with van der Waals surface area (Å²) in [5.74, 6) is -1.48. The second-order valence-corrected chi connectivity index (χ2v) is 5.81.